The van der Waals surface area contributed by atoms with E-state index in [-0.39, 0.29) is 23.8 Å². The fourth-order valence-electron chi connectivity index (χ4n) is 1.95. The second-order valence-corrected chi connectivity index (χ2v) is 5.06. The summed E-state index contributed by atoms with van der Waals surface area (Å²) in [5.41, 5.74) is 5.63. The minimum Gasteiger partial charge on any atom is -0.393 e. The minimum absolute atomic E-state index is 0.0395. The first-order valence-electron chi connectivity index (χ1n) is 5.63. The molecule has 1 aliphatic rings. The Balaban J connectivity index is 2.70. The Morgan fingerprint density at radius 2 is 2.19 bits per heavy atom. The first-order chi connectivity index (χ1) is 7.43. The average Bonchev–Trinajstić information content (AvgIpc) is 2.16. The number of carbonyl (C=O) groups excluding carboxylic acids is 1. The summed E-state index contributed by atoms with van der Waals surface area (Å²) < 4.78 is 5.40. The summed E-state index contributed by atoms with van der Waals surface area (Å²) in [6.07, 6.45) is 0.0943. The lowest BCUT2D eigenvalue weighted by atomic mass is 9.94. The van der Waals surface area contributed by atoms with Crippen molar-refractivity contribution < 1.29 is 9.53 Å². The highest BCUT2D eigenvalue weighted by Crippen LogP contribution is 2.17. The molecule has 2 N–H and O–H groups in total. The molecule has 2 unspecified atom stereocenters. The average molecular weight is 244 g/mol. The molecule has 1 aliphatic heterocycles. The summed E-state index contributed by atoms with van der Waals surface area (Å²) >= 11 is 4.97. The van der Waals surface area contributed by atoms with Crippen LogP contribution in [0.5, 0.6) is 0 Å². The smallest absolute Gasteiger partial charge is 0.232 e. The van der Waals surface area contributed by atoms with Gasteiger partial charge in [-0.2, -0.15) is 0 Å². The second kappa shape index (κ2) is 5.59. The summed E-state index contributed by atoms with van der Waals surface area (Å²) in [6, 6.07) is 0. The second-order valence-electron chi connectivity index (χ2n) is 4.59. The first kappa shape index (κ1) is 13.4. The van der Waals surface area contributed by atoms with Crippen molar-refractivity contribution in [1.82, 2.24) is 4.90 Å². The lowest BCUT2D eigenvalue weighted by molar-refractivity contribution is -0.141. The van der Waals surface area contributed by atoms with E-state index in [0.29, 0.717) is 24.7 Å². The largest absolute Gasteiger partial charge is 0.393 e. The zero-order valence-electron chi connectivity index (χ0n) is 10.1. The molecule has 1 fully saturated rings. The molecule has 0 spiro atoms. The van der Waals surface area contributed by atoms with Crippen molar-refractivity contribution in [3.05, 3.63) is 0 Å². The number of hydrogen-bond acceptors (Lipinski definition) is 3. The molecule has 0 aliphatic carbocycles. The number of ether oxygens (including phenoxy) is 1. The van der Waals surface area contributed by atoms with Crippen LogP contribution in [0.3, 0.4) is 0 Å². The lowest BCUT2D eigenvalue weighted by Crippen LogP contribution is -2.50. The number of amides is 1. The number of carbonyl (C=O) groups is 1. The van der Waals surface area contributed by atoms with Gasteiger partial charge in [0.15, 0.2) is 0 Å². The fourth-order valence-corrected chi connectivity index (χ4v) is 2.32. The van der Waals surface area contributed by atoms with Gasteiger partial charge in [0.05, 0.1) is 23.6 Å². The molecule has 0 bridgehead atoms. The van der Waals surface area contributed by atoms with E-state index in [4.69, 9.17) is 22.7 Å². The summed E-state index contributed by atoms with van der Waals surface area (Å²) in [5.74, 6) is -0.166. The molecule has 16 heavy (non-hydrogen) atoms. The summed E-state index contributed by atoms with van der Waals surface area (Å²) in [5, 5.41) is 0. The maximum absolute atomic E-state index is 12.2. The van der Waals surface area contributed by atoms with Gasteiger partial charge < -0.3 is 15.4 Å². The maximum Gasteiger partial charge on any atom is 0.232 e. The Hall–Kier alpha value is -0.680. The Morgan fingerprint density at radius 1 is 1.56 bits per heavy atom. The van der Waals surface area contributed by atoms with E-state index in [1.165, 1.54) is 0 Å². The Labute approximate surface area is 102 Å². The van der Waals surface area contributed by atoms with E-state index in [0.717, 1.165) is 0 Å². The van der Waals surface area contributed by atoms with Crippen LogP contribution in [0.4, 0.5) is 0 Å². The van der Waals surface area contributed by atoms with Crippen LogP contribution in [0.25, 0.3) is 0 Å². The number of thiocarbonyl (C=S) groups is 1. The van der Waals surface area contributed by atoms with Gasteiger partial charge in [-0.25, -0.2) is 0 Å². The van der Waals surface area contributed by atoms with E-state index in [9.17, 15) is 4.79 Å². The molecular formula is C11H20N2O2S. The Bertz CT molecular complexity index is 281. The first-order valence-corrected chi connectivity index (χ1v) is 6.04. The van der Waals surface area contributed by atoms with Crippen molar-refractivity contribution in [3.63, 3.8) is 0 Å². The van der Waals surface area contributed by atoms with Gasteiger partial charge >= 0.3 is 0 Å². The molecule has 0 aromatic heterocycles. The molecule has 5 heteroatoms. The van der Waals surface area contributed by atoms with E-state index >= 15 is 0 Å². The monoisotopic (exact) mass is 244 g/mol. The summed E-state index contributed by atoms with van der Waals surface area (Å²) in [6.45, 7) is 7.75. The topological polar surface area (TPSA) is 55.6 Å². The van der Waals surface area contributed by atoms with Gasteiger partial charge in [0.2, 0.25) is 5.91 Å². The quantitative estimate of drug-likeness (QED) is 0.746. The third-order valence-corrected chi connectivity index (χ3v) is 3.05. The SMILES string of the molecule is CC1CN(C(=O)C(C(N)=S)C(C)C)CCO1. The van der Waals surface area contributed by atoms with Gasteiger partial charge in [-0.1, -0.05) is 26.1 Å². The molecule has 4 nitrogen and oxygen atoms in total. The van der Waals surface area contributed by atoms with Gasteiger partial charge in [-0.3, -0.25) is 4.79 Å². The van der Waals surface area contributed by atoms with Crippen LogP contribution < -0.4 is 5.73 Å². The number of nitrogens with zero attached hydrogens (tertiary/aromatic N) is 1. The molecule has 1 saturated heterocycles. The van der Waals surface area contributed by atoms with E-state index in [1.54, 1.807) is 4.90 Å². The van der Waals surface area contributed by atoms with Gasteiger partial charge in [0, 0.05) is 13.1 Å². The normalized spacial score (nSPS) is 23.2. The molecule has 0 saturated carbocycles. The molecule has 1 heterocycles. The van der Waals surface area contributed by atoms with Crippen LogP contribution in [0.1, 0.15) is 20.8 Å². The predicted octanol–water partition coefficient (Wildman–Crippen LogP) is 0.792. The van der Waals surface area contributed by atoms with Crippen LogP contribution in [-0.2, 0) is 9.53 Å². The molecule has 0 aromatic carbocycles. The molecule has 2 atom stereocenters. The van der Waals surface area contributed by atoms with Gasteiger partial charge in [-0.05, 0) is 12.8 Å². The maximum atomic E-state index is 12.2. The van der Waals surface area contributed by atoms with Crippen LogP contribution in [0.15, 0.2) is 0 Å². The van der Waals surface area contributed by atoms with Gasteiger partial charge in [0.1, 0.15) is 0 Å². The highest BCUT2D eigenvalue weighted by molar-refractivity contribution is 7.80. The van der Waals surface area contributed by atoms with Crippen molar-refractivity contribution in [1.29, 1.82) is 0 Å². The molecule has 1 amide bonds. The van der Waals surface area contributed by atoms with Crippen molar-refractivity contribution in [2.75, 3.05) is 19.7 Å². The fraction of sp³-hybridized carbons (Fsp3) is 0.818. The third kappa shape index (κ3) is 3.15. The van der Waals surface area contributed by atoms with Crippen LogP contribution in [0, 0.1) is 11.8 Å². The number of nitrogens with two attached hydrogens (primary N) is 1. The van der Waals surface area contributed by atoms with Crippen molar-refractivity contribution in [3.8, 4) is 0 Å². The van der Waals surface area contributed by atoms with Crippen LogP contribution >= 0.6 is 12.2 Å². The molecule has 0 radical (unpaired) electrons. The van der Waals surface area contributed by atoms with E-state index in [2.05, 4.69) is 0 Å². The van der Waals surface area contributed by atoms with Crippen molar-refractivity contribution in [2.24, 2.45) is 17.6 Å². The Morgan fingerprint density at radius 3 is 2.62 bits per heavy atom. The zero-order valence-corrected chi connectivity index (χ0v) is 10.9. The summed E-state index contributed by atoms with van der Waals surface area (Å²) in [4.78, 5) is 14.3. The van der Waals surface area contributed by atoms with Crippen molar-refractivity contribution >= 4 is 23.1 Å². The van der Waals surface area contributed by atoms with E-state index < -0.39 is 0 Å². The number of morpholine rings is 1. The Kier molecular flexibility index (Phi) is 4.68. The van der Waals surface area contributed by atoms with E-state index in [1.807, 2.05) is 20.8 Å². The van der Waals surface area contributed by atoms with Crippen LogP contribution in [-0.4, -0.2) is 41.6 Å². The third-order valence-electron chi connectivity index (χ3n) is 2.79. The molecular weight excluding hydrogens is 224 g/mol. The predicted molar refractivity (Wildman–Crippen MR) is 67.1 cm³/mol. The number of rotatable bonds is 3. The highest BCUT2D eigenvalue weighted by atomic mass is 32.1. The number of hydrogen-bond donors (Lipinski definition) is 1. The zero-order chi connectivity index (χ0) is 12.3. The summed E-state index contributed by atoms with van der Waals surface area (Å²) in [7, 11) is 0. The molecule has 1 rings (SSSR count). The molecule has 0 aromatic rings. The van der Waals surface area contributed by atoms with Crippen LogP contribution in [0.2, 0.25) is 0 Å². The van der Waals surface area contributed by atoms with Gasteiger partial charge in [-0.15, -0.1) is 0 Å². The minimum atomic E-state index is -0.347. The molecule has 92 valence electrons. The lowest BCUT2D eigenvalue weighted by Gasteiger charge is -2.34. The standard InChI is InChI=1S/C11H20N2O2S/c1-7(2)9(10(12)16)11(14)13-4-5-15-8(3)6-13/h7-9H,4-6H2,1-3H3,(H2,12,16). The highest BCUT2D eigenvalue weighted by Gasteiger charge is 2.31. The van der Waals surface area contributed by atoms with Crippen molar-refractivity contribution in [2.45, 2.75) is 26.9 Å². The van der Waals surface area contributed by atoms with Gasteiger partial charge in [0.25, 0.3) is 0 Å².